The number of pyridine rings is 1. The molecule has 1 aromatic heterocycles. The van der Waals surface area contributed by atoms with Gasteiger partial charge in [-0.25, -0.2) is 4.98 Å². The number of rotatable bonds is 6. The van der Waals surface area contributed by atoms with Crippen molar-refractivity contribution in [1.82, 2.24) is 4.98 Å². The summed E-state index contributed by atoms with van der Waals surface area (Å²) in [7, 11) is 0. The van der Waals surface area contributed by atoms with Crippen molar-refractivity contribution < 1.29 is 27.4 Å². The Morgan fingerprint density at radius 3 is 2.52 bits per heavy atom. The van der Waals surface area contributed by atoms with Gasteiger partial charge in [0.05, 0.1) is 11.6 Å². The fraction of sp³-hybridized carbons (Fsp3) is 0.318. The number of carbonyl (C=O) groups excluding carboxylic acids is 1. The van der Waals surface area contributed by atoms with Crippen LogP contribution in [0.25, 0.3) is 0 Å². The number of halogens is 4. The van der Waals surface area contributed by atoms with Gasteiger partial charge in [0, 0.05) is 6.07 Å². The van der Waals surface area contributed by atoms with E-state index in [1.807, 2.05) is 12.1 Å². The first-order chi connectivity index (χ1) is 14.5. The van der Waals surface area contributed by atoms with Crippen LogP contribution in [0.3, 0.4) is 0 Å². The molecule has 1 fully saturated rings. The summed E-state index contributed by atoms with van der Waals surface area (Å²) in [6, 6.07) is 15.4. The Hall–Kier alpha value is -3.05. The molecule has 1 heterocycles. The van der Waals surface area contributed by atoms with Gasteiger partial charge in [0.25, 0.3) is 0 Å². The van der Waals surface area contributed by atoms with Crippen LogP contribution in [0, 0.1) is 28.6 Å². The third kappa shape index (κ3) is 5.17. The lowest BCUT2D eigenvalue weighted by Crippen LogP contribution is -2.15. The number of hydrogen-bond donors (Lipinski definition) is 0. The number of nitriles is 1. The van der Waals surface area contributed by atoms with Crippen molar-refractivity contribution in [3.63, 3.8) is 0 Å². The van der Waals surface area contributed by atoms with Crippen LogP contribution in [-0.2, 0) is 9.53 Å². The maximum absolute atomic E-state index is 12.7. The minimum absolute atomic E-state index is 0.142. The standard InChI is InChI=1S/C22H18ClF3N2O3/c1-21(2)14(11-17(23)22(24,25)26)19(21)20(29)31-16(12-27)15-9-6-10-18(28-15)30-13-7-4-3-5-8-13/h3-11,14,16,19H,1-2H3/t14-,16+,19-/m1/s1. The van der Waals surface area contributed by atoms with E-state index in [0.717, 1.165) is 6.08 Å². The predicted octanol–water partition coefficient (Wildman–Crippen LogP) is 5.94. The van der Waals surface area contributed by atoms with Gasteiger partial charge in [0.15, 0.2) is 0 Å². The molecule has 1 saturated carbocycles. The third-order valence-electron chi connectivity index (χ3n) is 5.09. The molecule has 2 aromatic rings. The Morgan fingerprint density at radius 1 is 1.23 bits per heavy atom. The van der Waals surface area contributed by atoms with Crippen LogP contribution >= 0.6 is 11.6 Å². The van der Waals surface area contributed by atoms with Gasteiger partial charge in [-0.05, 0) is 29.5 Å². The van der Waals surface area contributed by atoms with Gasteiger partial charge in [0.2, 0.25) is 12.0 Å². The number of carbonyl (C=O) groups is 1. The molecule has 9 heteroatoms. The lowest BCUT2D eigenvalue weighted by atomic mass is 10.1. The number of ether oxygens (including phenoxy) is 2. The molecule has 3 rings (SSSR count). The Bertz CT molecular complexity index is 1030. The second-order valence-corrected chi connectivity index (χ2v) is 8.01. The van der Waals surface area contributed by atoms with Crippen LogP contribution in [0.4, 0.5) is 13.2 Å². The van der Waals surface area contributed by atoms with Gasteiger partial charge in [0.1, 0.15) is 16.9 Å². The second kappa shape index (κ2) is 8.60. The summed E-state index contributed by atoms with van der Waals surface area (Å²) < 4.78 is 49.0. The van der Waals surface area contributed by atoms with Crippen LogP contribution < -0.4 is 4.74 Å². The average Bonchev–Trinajstić information content (AvgIpc) is 3.26. The van der Waals surface area contributed by atoms with Gasteiger partial charge >= 0.3 is 12.1 Å². The van der Waals surface area contributed by atoms with Gasteiger partial charge in [-0.2, -0.15) is 18.4 Å². The van der Waals surface area contributed by atoms with E-state index >= 15 is 0 Å². The first-order valence-corrected chi connectivity index (χ1v) is 9.66. The summed E-state index contributed by atoms with van der Waals surface area (Å²) in [5.74, 6) is -1.67. The highest BCUT2D eigenvalue weighted by Crippen LogP contribution is 2.60. The minimum atomic E-state index is -4.69. The van der Waals surface area contributed by atoms with E-state index in [4.69, 9.17) is 21.1 Å². The molecule has 162 valence electrons. The summed E-state index contributed by atoms with van der Waals surface area (Å²) in [6.45, 7) is 3.27. The molecule has 5 nitrogen and oxygen atoms in total. The molecule has 1 aliphatic rings. The summed E-state index contributed by atoms with van der Waals surface area (Å²) in [5, 5.41) is 8.18. The Balaban J connectivity index is 1.72. The molecule has 0 unspecified atom stereocenters. The maximum Gasteiger partial charge on any atom is 0.426 e. The van der Waals surface area contributed by atoms with Crippen LogP contribution in [0.1, 0.15) is 25.6 Å². The molecule has 31 heavy (non-hydrogen) atoms. The number of esters is 1. The van der Waals surface area contributed by atoms with E-state index in [1.165, 1.54) is 6.07 Å². The Kier molecular flexibility index (Phi) is 6.27. The van der Waals surface area contributed by atoms with Gasteiger partial charge in [-0.1, -0.05) is 55.8 Å². The number of para-hydroxylation sites is 1. The molecule has 0 radical (unpaired) electrons. The van der Waals surface area contributed by atoms with Crippen molar-refractivity contribution in [3.05, 3.63) is 65.3 Å². The molecular formula is C22H18ClF3N2O3. The summed E-state index contributed by atoms with van der Waals surface area (Å²) in [4.78, 5) is 16.8. The van der Waals surface area contributed by atoms with Crippen LogP contribution in [0.15, 0.2) is 59.6 Å². The van der Waals surface area contributed by atoms with Crippen molar-refractivity contribution in [3.8, 4) is 17.7 Å². The van der Waals surface area contributed by atoms with Gasteiger partial charge < -0.3 is 9.47 Å². The summed E-state index contributed by atoms with van der Waals surface area (Å²) in [6.07, 6.45) is -5.21. The highest BCUT2D eigenvalue weighted by molar-refractivity contribution is 6.30. The third-order valence-corrected chi connectivity index (χ3v) is 5.43. The van der Waals surface area contributed by atoms with Crippen LogP contribution in [0.2, 0.25) is 0 Å². The molecule has 3 atom stereocenters. The number of benzene rings is 1. The van der Waals surface area contributed by atoms with Crippen molar-refractivity contribution in [1.29, 1.82) is 5.26 Å². The Labute approximate surface area is 182 Å². The normalized spacial score (nSPS) is 21.0. The monoisotopic (exact) mass is 450 g/mol. The second-order valence-electron chi connectivity index (χ2n) is 7.60. The number of hydrogen-bond acceptors (Lipinski definition) is 5. The van der Waals surface area contributed by atoms with Crippen molar-refractivity contribution in [2.75, 3.05) is 0 Å². The maximum atomic E-state index is 12.7. The summed E-state index contributed by atoms with van der Waals surface area (Å²) in [5.41, 5.74) is -0.642. The SMILES string of the molecule is CC1(C)[C@H](C=C(Cl)C(F)(F)F)[C@@H]1C(=O)O[C@@H](C#N)c1cccc(Oc2ccccc2)n1. The fourth-order valence-electron chi connectivity index (χ4n) is 3.28. The van der Waals surface area contributed by atoms with Gasteiger partial charge in [-0.15, -0.1) is 0 Å². The highest BCUT2D eigenvalue weighted by Gasteiger charge is 2.62. The molecule has 1 aromatic carbocycles. The smallest absolute Gasteiger partial charge is 0.426 e. The zero-order valence-electron chi connectivity index (χ0n) is 16.6. The average molecular weight is 451 g/mol. The quantitative estimate of drug-likeness (QED) is 0.509. The molecule has 0 N–H and O–H groups in total. The minimum Gasteiger partial charge on any atom is -0.440 e. The molecule has 0 aliphatic heterocycles. The van der Waals surface area contributed by atoms with E-state index in [1.54, 1.807) is 50.2 Å². The van der Waals surface area contributed by atoms with Crippen molar-refractivity contribution in [2.45, 2.75) is 26.1 Å². The van der Waals surface area contributed by atoms with E-state index in [9.17, 15) is 23.2 Å². The first-order valence-electron chi connectivity index (χ1n) is 9.28. The first kappa shape index (κ1) is 22.6. The fourth-order valence-corrected chi connectivity index (χ4v) is 3.41. The van der Waals surface area contributed by atoms with Crippen molar-refractivity contribution >= 4 is 17.6 Å². The Morgan fingerprint density at radius 2 is 1.90 bits per heavy atom. The number of aromatic nitrogens is 1. The van der Waals surface area contributed by atoms with E-state index in [2.05, 4.69) is 4.98 Å². The van der Waals surface area contributed by atoms with E-state index in [0.29, 0.717) is 5.75 Å². The van der Waals surface area contributed by atoms with Crippen LogP contribution in [0.5, 0.6) is 11.6 Å². The van der Waals surface area contributed by atoms with Crippen molar-refractivity contribution in [2.24, 2.45) is 17.3 Å². The van der Waals surface area contributed by atoms with E-state index < -0.39 is 40.5 Å². The zero-order valence-corrected chi connectivity index (χ0v) is 17.3. The predicted molar refractivity (Wildman–Crippen MR) is 106 cm³/mol. The number of alkyl halides is 3. The lowest BCUT2D eigenvalue weighted by molar-refractivity contribution is -0.149. The van der Waals surface area contributed by atoms with E-state index in [-0.39, 0.29) is 11.6 Å². The number of allylic oxidation sites excluding steroid dienone is 2. The topological polar surface area (TPSA) is 72.2 Å². The van der Waals surface area contributed by atoms with Crippen LogP contribution in [-0.4, -0.2) is 17.1 Å². The molecule has 0 saturated heterocycles. The largest absolute Gasteiger partial charge is 0.440 e. The highest BCUT2D eigenvalue weighted by atomic mass is 35.5. The number of nitrogens with zero attached hydrogens (tertiary/aromatic N) is 2. The molecule has 1 aliphatic carbocycles. The lowest BCUT2D eigenvalue weighted by Gasteiger charge is -2.12. The summed E-state index contributed by atoms with van der Waals surface area (Å²) >= 11 is 5.31. The molecule has 0 bridgehead atoms. The molecule has 0 amide bonds. The van der Waals surface area contributed by atoms with Gasteiger partial charge in [-0.3, -0.25) is 4.79 Å². The zero-order chi connectivity index (χ0) is 22.8. The molecule has 0 spiro atoms. The molecular weight excluding hydrogens is 433 g/mol.